The molecule has 120 valence electrons. The van der Waals surface area contributed by atoms with E-state index in [1.54, 1.807) is 0 Å². The molecule has 2 aromatic rings. The number of carbonyl (C=O) groups excluding carboxylic acids is 2. The van der Waals surface area contributed by atoms with Gasteiger partial charge in [-0.15, -0.1) is 11.8 Å². The highest BCUT2D eigenvalue weighted by Crippen LogP contribution is 2.42. The molecular formula is C16H11N3O4S. The lowest BCUT2D eigenvalue weighted by Gasteiger charge is -2.25. The molecule has 2 aromatic carbocycles. The number of benzene rings is 2. The summed E-state index contributed by atoms with van der Waals surface area (Å²) in [5.74, 6) is -0.759. The number of nitrogens with zero attached hydrogens (tertiary/aromatic N) is 2. The zero-order valence-electron chi connectivity index (χ0n) is 12.2. The molecule has 2 atom stereocenters. The van der Waals surface area contributed by atoms with Crippen molar-refractivity contribution in [1.82, 2.24) is 0 Å². The van der Waals surface area contributed by atoms with Crippen LogP contribution in [0.1, 0.15) is 0 Å². The van der Waals surface area contributed by atoms with Crippen molar-refractivity contribution >= 4 is 40.6 Å². The highest BCUT2D eigenvalue weighted by Gasteiger charge is 2.51. The molecule has 1 saturated heterocycles. The van der Waals surface area contributed by atoms with E-state index in [0.717, 1.165) is 15.5 Å². The lowest BCUT2D eigenvalue weighted by atomic mass is 10.2. The standard InChI is InChI=1S/C16H11N3O4S/c20-15-13-14(24-12-7-2-1-6-11(12)17-13)16(21)18(15)9-4-3-5-10(8-9)19(22)23/h1-8,13-14,17H/t13-,14-/m1/s1. The number of carbonyl (C=O) groups is 2. The van der Waals surface area contributed by atoms with Crippen LogP contribution in [0.15, 0.2) is 53.4 Å². The summed E-state index contributed by atoms with van der Waals surface area (Å²) < 4.78 is 0. The Morgan fingerprint density at radius 3 is 2.67 bits per heavy atom. The number of nitro groups is 1. The number of hydrogen-bond acceptors (Lipinski definition) is 6. The van der Waals surface area contributed by atoms with Gasteiger partial charge in [0.2, 0.25) is 5.91 Å². The molecule has 2 aliphatic rings. The van der Waals surface area contributed by atoms with Gasteiger partial charge in [-0.1, -0.05) is 18.2 Å². The molecule has 0 aromatic heterocycles. The van der Waals surface area contributed by atoms with Crippen molar-refractivity contribution in [3.8, 4) is 0 Å². The zero-order valence-corrected chi connectivity index (χ0v) is 13.0. The number of amides is 2. The van der Waals surface area contributed by atoms with Crippen LogP contribution in [0.25, 0.3) is 0 Å². The number of para-hydroxylation sites is 1. The lowest BCUT2D eigenvalue weighted by molar-refractivity contribution is -0.384. The minimum Gasteiger partial charge on any atom is -0.371 e. The summed E-state index contributed by atoms with van der Waals surface area (Å²) in [5.41, 5.74) is 0.873. The molecule has 1 N–H and O–H groups in total. The normalized spacial score (nSPS) is 21.9. The Bertz CT molecular complexity index is 842. The third-order valence-electron chi connectivity index (χ3n) is 4.00. The molecule has 0 bridgehead atoms. The molecule has 2 heterocycles. The van der Waals surface area contributed by atoms with E-state index in [1.165, 1.54) is 36.0 Å². The first-order valence-corrected chi connectivity index (χ1v) is 8.09. The van der Waals surface area contributed by atoms with Gasteiger partial charge in [-0.3, -0.25) is 19.7 Å². The maximum atomic E-state index is 12.7. The average molecular weight is 341 g/mol. The summed E-state index contributed by atoms with van der Waals surface area (Å²) in [6, 6.07) is 12.3. The van der Waals surface area contributed by atoms with Gasteiger partial charge in [0.05, 0.1) is 10.6 Å². The van der Waals surface area contributed by atoms with E-state index >= 15 is 0 Å². The van der Waals surface area contributed by atoms with Crippen molar-refractivity contribution in [2.45, 2.75) is 16.2 Å². The summed E-state index contributed by atoms with van der Waals surface area (Å²) in [4.78, 5) is 37.7. The molecule has 0 saturated carbocycles. The molecule has 7 nitrogen and oxygen atoms in total. The molecule has 24 heavy (non-hydrogen) atoms. The van der Waals surface area contributed by atoms with Gasteiger partial charge in [-0.05, 0) is 18.2 Å². The number of nitro benzene ring substituents is 1. The van der Waals surface area contributed by atoms with Gasteiger partial charge in [-0.2, -0.15) is 0 Å². The Morgan fingerprint density at radius 2 is 1.88 bits per heavy atom. The van der Waals surface area contributed by atoms with E-state index in [-0.39, 0.29) is 17.3 Å². The summed E-state index contributed by atoms with van der Waals surface area (Å²) in [6.45, 7) is 0. The number of nitrogens with one attached hydrogen (secondary N) is 1. The van der Waals surface area contributed by atoms with Crippen LogP contribution in [0.4, 0.5) is 17.1 Å². The van der Waals surface area contributed by atoms with Crippen LogP contribution >= 0.6 is 11.8 Å². The van der Waals surface area contributed by atoms with Gasteiger partial charge in [0, 0.05) is 22.7 Å². The van der Waals surface area contributed by atoms with Crippen LogP contribution < -0.4 is 10.2 Å². The van der Waals surface area contributed by atoms with E-state index in [2.05, 4.69) is 5.32 Å². The largest absolute Gasteiger partial charge is 0.371 e. The SMILES string of the molecule is O=C1[C@@H]2Nc3ccccc3S[C@H]2C(=O)N1c1cccc([N+](=O)[O-])c1. The first kappa shape index (κ1) is 14.7. The third-order valence-corrected chi connectivity index (χ3v) is 5.34. The van der Waals surface area contributed by atoms with Gasteiger partial charge in [0.1, 0.15) is 11.3 Å². The molecule has 0 unspecified atom stereocenters. The smallest absolute Gasteiger partial charge is 0.271 e. The van der Waals surface area contributed by atoms with E-state index in [1.807, 2.05) is 24.3 Å². The molecule has 0 aliphatic carbocycles. The van der Waals surface area contributed by atoms with E-state index in [0.29, 0.717) is 0 Å². The molecular weight excluding hydrogens is 330 g/mol. The molecule has 0 spiro atoms. The predicted octanol–water partition coefficient (Wildman–Crippen LogP) is 2.42. The van der Waals surface area contributed by atoms with E-state index in [9.17, 15) is 19.7 Å². The van der Waals surface area contributed by atoms with Crippen molar-refractivity contribution in [2.24, 2.45) is 0 Å². The van der Waals surface area contributed by atoms with Gasteiger partial charge in [0.25, 0.3) is 11.6 Å². The third kappa shape index (κ3) is 2.15. The first-order chi connectivity index (χ1) is 11.6. The van der Waals surface area contributed by atoms with Crippen LogP contribution in [0, 0.1) is 10.1 Å². The maximum absolute atomic E-state index is 12.7. The summed E-state index contributed by atoms with van der Waals surface area (Å²) in [7, 11) is 0. The van der Waals surface area contributed by atoms with Crippen molar-refractivity contribution in [3.05, 3.63) is 58.6 Å². The molecule has 4 rings (SSSR count). The van der Waals surface area contributed by atoms with E-state index in [4.69, 9.17) is 0 Å². The average Bonchev–Trinajstić information content (AvgIpc) is 2.84. The monoisotopic (exact) mass is 341 g/mol. The second-order valence-corrected chi connectivity index (χ2v) is 6.63. The van der Waals surface area contributed by atoms with Gasteiger partial charge < -0.3 is 5.32 Å². The molecule has 8 heteroatoms. The van der Waals surface area contributed by atoms with Gasteiger partial charge >= 0.3 is 0 Å². The minimum atomic E-state index is -0.670. The summed E-state index contributed by atoms with van der Waals surface area (Å²) >= 11 is 1.34. The van der Waals surface area contributed by atoms with Crippen LogP contribution in [0.5, 0.6) is 0 Å². The Hall–Kier alpha value is -2.87. The van der Waals surface area contributed by atoms with E-state index < -0.39 is 22.1 Å². The number of rotatable bonds is 2. The maximum Gasteiger partial charge on any atom is 0.271 e. The Balaban J connectivity index is 1.71. The minimum absolute atomic E-state index is 0.160. The van der Waals surface area contributed by atoms with Crippen molar-refractivity contribution in [2.75, 3.05) is 10.2 Å². The topological polar surface area (TPSA) is 92.6 Å². The number of thioether (sulfide) groups is 1. The summed E-state index contributed by atoms with van der Waals surface area (Å²) in [5, 5.41) is 13.5. The fraction of sp³-hybridized carbons (Fsp3) is 0.125. The number of anilines is 2. The van der Waals surface area contributed by atoms with Gasteiger partial charge in [0.15, 0.2) is 0 Å². The summed E-state index contributed by atoms with van der Waals surface area (Å²) in [6.07, 6.45) is 0. The van der Waals surface area contributed by atoms with Gasteiger partial charge in [-0.25, -0.2) is 4.90 Å². The van der Waals surface area contributed by atoms with Crippen LogP contribution in [-0.2, 0) is 9.59 Å². The Labute approximate surface area is 140 Å². The fourth-order valence-electron chi connectivity index (χ4n) is 2.90. The first-order valence-electron chi connectivity index (χ1n) is 7.21. The molecule has 0 radical (unpaired) electrons. The number of non-ortho nitro benzene ring substituents is 1. The highest BCUT2D eigenvalue weighted by atomic mass is 32.2. The van der Waals surface area contributed by atoms with Crippen molar-refractivity contribution in [1.29, 1.82) is 0 Å². The second kappa shape index (κ2) is 5.34. The molecule has 1 fully saturated rings. The quantitative estimate of drug-likeness (QED) is 0.512. The number of imide groups is 1. The number of hydrogen-bond donors (Lipinski definition) is 1. The Kier molecular flexibility index (Phi) is 3.27. The van der Waals surface area contributed by atoms with Crippen LogP contribution in [0.2, 0.25) is 0 Å². The molecule has 2 aliphatic heterocycles. The van der Waals surface area contributed by atoms with Crippen LogP contribution in [-0.4, -0.2) is 28.0 Å². The zero-order chi connectivity index (χ0) is 16.8. The van der Waals surface area contributed by atoms with Crippen molar-refractivity contribution < 1.29 is 14.5 Å². The molecule has 2 amide bonds. The highest BCUT2D eigenvalue weighted by molar-refractivity contribution is 8.01. The number of fused-ring (bicyclic) bond motifs is 2. The Morgan fingerprint density at radius 1 is 1.08 bits per heavy atom. The predicted molar refractivity (Wildman–Crippen MR) is 89.1 cm³/mol. The van der Waals surface area contributed by atoms with Crippen LogP contribution in [0.3, 0.4) is 0 Å². The fourth-order valence-corrected chi connectivity index (χ4v) is 4.11. The van der Waals surface area contributed by atoms with Crippen molar-refractivity contribution in [3.63, 3.8) is 0 Å². The second-order valence-electron chi connectivity index (χ2n) is 5.45. The lowest BCUT2D eigenvalue weighted by Crippen LogP contribution is -2.37.